The summed E-state index contributed by atoms with van der Waals surface area (Å²) < 4.78 is 1.01. The number of nitrogen functional groups attached to an aromatic ring is 1. The summed E-state index contributed by atoms with van der Waals surface area (Å²) >= 11 is 3.52. The molecule has 0 bridgehead atoms. The number of aryl methyl sites for hydroxylation is 1. The molecule has 0 unspecified atom stereocenters. The number of nitrogens with one attached hydrogen (secondary N) is 1. The van der Waals surface area contributed by atoms with Crippen LogP contribution >= 0.6 is 15.9 Å². The Hall–Kier alpha value is -1.55. The molecule has 3 nitrogen and oxygen atoms in total. The molecule has 0 amide bonds. The second-order valence-corrected chi connectivity index (χ2v) is 4.68. The van der Waals surface area contributed by atoms with E-state index >= 15 is 0 Å². The van der Waals surface area contributed by atoms with Gasteiger partial charge in [0.25, 0.3) is 0 Å². The largest absolute Gasteiger partial charge is 0.399 e. The van der Waals surface area contributed by atoms with Crippen LogP contribution < -0.4 is 11.1 Å². The lowest BCUT2D eigenvalue weighted by molar-refractivity contribution is 1.10. The molecular weight excluding hydrogens is 278 g/mol. The van der Waals surface area contributed by atoms with Crippen molar-refractivity contribution in [2.24, 2.45) is 0 Å². The Morgan fingerprint density at radius 3 is 2.65 bits per heavy atom. The first kappa shape index (κ1) is 11.9. The van der Waals surface area contributed by atoms with Gasteiger partial charge >= 0.3 is 0 Å². The van der Waals surface area contributed by atoms with E-state index in [4.69, 9.17) is 5.73 Å². The normalized spacial score (nSPS) is 10.2. The van der Waals surface area contributed by atoms with Crippen molar-refractivity contribution in [2.45, 2.75) is 13.5 Å². The first-order valence-corrected chi connectivity index (χ1v) is 6.15. The molecule has 0 fully saturated rings. The summed E-state index contributed by atoms with van der Waals surface area (Å²) in [6.45, 7) is 2.77. The highest BCUT2D eigenvalue weighted by Crippen LogP contribution is 2.23. The van der Waals surface area contributed by atoms with Gasteiger partial charge in [-0.25, -0.2) is 4.98 Å². The van der Waals surface area contributed by atoms with Gasteiger partial charge in [0.2, 0.25) is 0 Å². The van der Waals surface area contributed by atoms with Gasteiger partial charge in [0.05, 0.1) is 4.47 Å². The number of anilines is 2. The summed E-state index contributed by atoms with van der Waals surface area (Å²) in [5.41, 5.74) is 8.76. The van der Waals surface area contributed by atoms with Crippen molar-refractivity contribution < 1.29 is 0 Å². The molecule has 17 heavy (non-hydrogen) atoms. The number of aromatic nitrogens is 1. The maximum atomic E-state index is 5.64. The third-order valence-electron chi connectivity index (χ3n) is 2.52. The maximum absolute atomic E-state index is 5.64. The molecule has 1 heterocycles. The Morgan fingerprint density at radius 2 is 1.94 bits per heavy atom. The van der Waals surface area contributed by atoms with Crippen molar-refractivity contribution in [1.29, 1.82) is 0 Å². The van der Waals surface area contributed by atoms with Crippen LogP contribution in [0.4, 0.5) is 11.5 Å². The second kappa shape index (κ2) is 5.19. The van der Waals surface area contributed by atoms with E-state index in [2.05, 4.69) is 26.2 Å². The first-order valence-electron chi connectivity index (χ1n) is 5.36. The first-order chi connectivity index (χ1) is 8.16. The summed E-state index contributed by atoms with van der Waals surface area (Å²) in [5, 5.41) is 3.29. The molecular formula is C13H14BrN3. The Labute approximate surface area is 109 Å². The number of nitrogens with two attached hydrogens (primary N) is 1. The molecule has 0 aliphatic heterocycles. The molecule has 1 aromatic heterocycles. The lowest BCUT2D eigenvalue weighted by atomic mass is 10.2. The van der Waals surface area contributed by atoms with Gasteiger partial charge in [-0.1, -0.05) is 12.1 Å². The number of nitrogens with zero attached hydrogens (tertiary/aromatic N) is 1. The summed E-state index contributed by atoms with van der Waals surface area (Å²) in [7, 11) is 0. The summed E-state index contributed by atoms with van der Waals surface area (Å²) in [6, 6.07) is 9.78. The Kier molecular flexibility index (Phi) is 3.64. The minimum atomic E-state index is 0.731. The summed E-state index contributed by atoms with van der Waals surface area (Å²) in [5.74, 6) is 0.863. The Balaban J connectivity index is 2.07. The van der Waals surface area contributed by atoms with E-state index in [1.54, 1.807) is 6.20 Å². The molecule has 0 spiro atoms. The zero-order valence-corrected chi connectivity index (χ0v) is 11.2. The van der Waals surface area contributed by atoms with E-state index < -0.39 is 0 Å². The van der Waals surface area contributed by atoms with E-state index in [0.29, 0.717) is 0 Å². The van der Waals surface area contributed by atoms with Crippen LogP contribution in [0.3, 0.4) is 0 Å². The number of pyridine rings is 1. The third kappa shape index (κ3) is 2.97. The SMILES string of the molecule is Cc1ccnc(NCc2ccc(N)cc2)c1Br. The van der Waals surface area contributed by atoms with Gasteiger partial charge in [-0.15, -0.1) is 0 Å². The van der Waals surface area contributed by atoms with Gasteiger partial charge in [0.15, 0.2) is 0 Å². The molecule has 2 aromatic rings. The molecule has 1 aromatic carbocycles. The lowest BCUT2D eigenvalue weighted by Crippen LogP contribution is -2.02. The van der Waals surface area contributed by atoms with Crippen LogP contribution in [0.5, 0.6) is 0 Å². The molecule has 88 valence electrons. The highest BCUT2D eigenvalue weighted by atomic mass is 79.9. The van der Waals surface area contributed by atoms with Crippen LogP contribution in [0, 0.1) is 6.92 Å². The van der Waals surface area contributed by atoms with Crippen molar-refractivity contribution in [3.05, 3.63) is 52.1 Å². The van der Waals surface area contributed by atoms with Gasteiger partial charge in [-0.2, -0.15) is 0 Å². The lowest BCUT2D eigenvalue weighted by Gasteiger charge is -2.09. The van der Waals surface area contributed by atoms with Crippen LogP contribution in [0.2, 0.25) is 0 Å². The van der Waals surface area contributed by atoms with Crippen molar-refractivity contribution >= 4 is 27.4 Å². The standard InChI is InChI=1S/C13H14BrN3/c1-9-6-7-16-13(12(9)14)17-8-10-2-4-11(15)5-3-10/h2-7H,8,15H2,1H3,(H,16,17). The van der Waals surface area contributed by atoms with E-state index in [0.717, 1.165) is 22.5 Å². The van der Waals surface area contributed by atoms with Crippen molar-refractivity contribution in [3.8, 4) is 0 Å². The van der Waals surface area contributed by atoms with Crippen LogP contribution in [-0.2, 0) is 6.54 Å². The fraction of sp³-hybridized carbons (Fsp3) is 0.154. The monoisotopic (exact) mass is 291 g/mol. The number of rotatable bonds is 3. The smallest absolute Gasteiger partial charge is 0.140 e. The minimum absolute atomic E-state index is 0.731. The predicted octanol–water partition coefficient (Wildman–Crippen LogP) is 3.35. The van der Waals surface area contributed by atoms with Gasteiger partial charge < -0.3 is 11.1 Å². The molecule has 2 rings (SSSR count). The molecule has 0 aliphatic carbocycles. The van der Waals surface area contributed by atoms with Crippen molar-refractivity contribution in [3.63, 3.8) is 0 Å². The van der Waals surface area contributed by atoms with Crippen LogP contribution in [0.15, 0.2) is 41.0 Å². The van der Waals surface area contributed by atoms with E-state index in [-0.39, 0.29) is 0 Å². The Bertz CT molecular complexity index is 509. The fourth-order valence-corrected chi connectivity index (χ4v) is 1.86. The van der Waals surface area contributed by atoms with Crippen LogP contribution in [0.1, 0.15) is 11.1 Å². The molecule has 0 atom stereocenters. The molecule has 3 N–H and O–H groups in total. The van der Waals surface area contributed by atoms with Crippen LogP contribution in [-0.4, -0.2) is 4.98 Å². The molecule has 0 aliphatic rings. The van der Waals surface area contributed by atoms with Crippen LogP contribution in [0.25, 0.3) is 0 Å². The predicted molar refractivity (Wildman–Crippen MR) is 74.9 cm³/mol. The molecule has 0 saturated heterocycles. The highest BCUT2D eigenvalue weighted by Gasteiger charge is 2.03. The van der Waals surface area contributed by atoms with Gasteiger partial charge in [0.1, 0.15) is 5.82 Å². The molecule has 0 radical (unpaired) electrons. The number of hydrogen-bond acceptors (Lipinski definition) is 3. The van der Waals surface area contributed by atoms with E-state index in [1.807, 2.05) is 37.3 Å². The highest BCUT2D eigenvalue weighted by molar-refractivity contribution is 9.10. The third-order valence-corrected chi connectivity index (χ3v) is 3.52. The van der Waals surface area contributed by atoms with Crippen molar-refractivity contribution in [1.82, 2.24) is 4.98 Å². The maximum Gasteiger partial charge on any atom is 0.140 e. The quantitative estimate of drug-likeness (QED) is 0.853. The minimum Gasteiger partial charge on any atom is -0.399 e. The fourth-order valence-electron chi connectivity index (χ4n) is 1.48. The zero-order chi connectivity index (χ0) is 12.3. The number of benzene rings is 1. The van der Waals surface area contributed by atoms with Gasteiger partial charge in [-0.3, -0.25) is 0 Å². The molecule has 4 heteroatoms. The van der Waals surface area contributed by atoms with E-state index in [1.165, 1.54) is 11.1 Å². The zero-order valence-electron chi connectivity index (χ0n) is 9.57. The average Bonchev–Trinajstić information content (AvgIpc) is 2.33. The van der Waals surface area contributed by atoms with E-state index in [9.17, 15) is 0 Å². The molecule has 0 saturated carbocycles. The summed E-state index contributed by atoms with van der Waals surface area (Å²) in [6.07, 6.45) is 1.80. The number of hydrogen-bond donors (Lipinski definition) is 2. The number of halogens is 1. The van der Waals surface area contributed by atoms with Gasteiger partial charge in [0, 0.05) is 18.4 Å². The summed E-state index contributed by atoms with van der Waals surface area (Å²) in [4.78, 5) is 4.29. The van der Waals surface area contributed by atoms with Gasteiger partial charge in [-0.05, 0) is 52.2 Å². The van der Waals surface area contributed by atoms with Crippen molar-refractivity contribution in [2.75, 3.05) is 11.1 Å². The second-order valence-electron chi connectivity index (χ2n) is 3.89. The Morgan fingerprint density at radius 1 is 1.24 bits per heavy atom. The average molecular weight is 292 g/mol. The topological polar surface area (TPSA) is 50.9 Å².